The summed E-state index contributed by atoms with van der Waals surface area (Å²) in [4.78, 5) is 27.3. The van der Waals surface area contributed by atoms with Crippen LogP contribution in [0.5, 0.6) is 0 Å². The molecule has 0 bridgehead atoms. The van der Waals surface area contributed by atoms with E-state index < -0.39 is 12.1 Å². The van der Waals surface area contributed by atoms with E-state index in [9.17, 15) is 9.59 Å². The maximum atomic E-state index is 12.9. The molecule has 0 N–H and O–H groups in total. The van der Waals surface area contributed by atoms with Crippen molar-refractivity contribution in [3.63, 3.8) is 0 Å². The average molecular weight is 442 g/mol. The molecule has 0 saturated carbocycles. The fourth-order valence-electron chi connectivity index (χ4n) is 3.91. The molecule has 4 rings (SSSR count). The van der Waals surface area contributed by atoms with Gasteiger partial charge in [0.1, 0.15) is 5.71 Å². The second-order valence-corrected chi connectivity index (χ2v) is 8.08. The van der Waals surface area contributed by atoms with E-state index in [0.29, 0.717) is 18.7 Å². The number of rotatable bonds is 7. The molecule has 1 amide bonds. The van der Waals surface area contributed by atoms with E-state index in [1.165, 1.54) is 0 Å². The van der Waals surface area contributed by atoms with Crippen LogP contribution in [-0.4, -0.2) is 35.6 Å². The summed E-state index contributed by atoms with van der Waals surface area (Å²) < 4.78 is 5.54. The van der Waals surface area contributed by atoms with Crippen molar-refractivity contribution in [2.24, 2.45) is 5.10 Å². The third-order valence-corrected chi connectivity index (χ3v) is 5.62. The number of carbonyl (C=O) groups is 2. The molecule has 0 radical (unpaired) electrons. The lowest BCUT2D eigenvalue weighted by molar-refractivity contribution is -0.153. The van der Waals surface area contributed by atoms with Crippen LogP contribution in [0.3, 0.4) is 0 Å². The van der Waals surface area contributed by atoms with Gasteiger partial charge in [-0.1, -0.05) is 78.9 Å². The lowest BCUT2D eigenvalue weighted by Gasteiger charge is -2.23. The van der Waals surface area contributed by atoms with E-state index in [4.69, 9.17) is 4.74 Å². The van der Waals surface area contributed by atoms with E-state index in [0.717, 1.165) is 16.8 Å². The highest BCUT2D eigenvalue weighted by atomic mass is 16.5. The van der Waals surface area contributed by atoms with Crippen molar-refractivity contribution in [3.05, 3.63) is 102 Å². The molecule has 1 aliphatic heterocycles. The molecule has 3 aromatic carbocycles. The zero-order valence-electron chi connectivity index (χ0n) is 18.8. The van der Waals surface area contributed by atoms with Crippen LogP contribution < -0.4 is 5.01 Å². The normalized spacial score (nSPS) is 16.1. The number of amides is 1. The summed E-state index contributed by atoms with van der Waals surface area (Å²) in [5.74, 6) is -0.825. The van der Waals surface area contributed by atoms with E-state index in [2.05, 4.69) is 5.10 Å². The number of ether oxygens (including phenoxy) is 1. The Hall–Kier alpha value is -3.93. The molecule has 0 fully saturated rings. The molecule has 33 heavy (non-hydrogen) atoms. The molecule has 6 nitrogen and oxygen atoms in total. The number of benzene rings is 3. The quantitative estimate of drug-likeness (QED) is 0.504. The van der Waals surface area contributed by atoms with Crippen LogP contribution >= 0.6 is 0 Å². The number of hydrogen-bond donors (Lipinski definition) is 0. The summed E-state index contributed by atoms with van der Waals surface area (Å²) in [5, 5.41) is 6.44. The molecule has 1 aliphatic rings. The number of likely N-dealkylation sites (N-methyl/N-ethyl adjacent to an activating group) is 1. The van der Waals surface area contributed by atoms with Gasteiger partial charge in [0.2, 0.25) is 0 Å². The monoisotopic (exact) mass is 441 g/mol. The fraction of sp³-hybridized carbons (Fsp3) is 0.222. The highest BCUT2D eigenvalue weighted by molar-refractivity contribution is 6.37. The van der Waals surface area contributed by atoms with Gasteiger partial charge in [0.25, 0.3) is 5.91 Å². The summed E-state index contributed by atoms with van der Waals surface area (Å²) in [6.45, 7) is 2.04. The van der Waals surface area contributed by atoms with Crippen molar-refractivity contribution in [3.8, 4) is 0 Å². The Kier molecular flexibility index (Phi) is 6.83. The molecular weight excluding hydrogens is 414 g/mol. The van der Waals surface area contributed by atoms with Crippen LogP contribution in [0.1, 0.15) is 30.5 Å². The topological polar surface area (TPSA) is 62.2 Å². The van der Waals surface area contributed by atoms with Crippen molar-refractivity contribution in [2.45, 2.75) is 32.0 Å². The SMILES string of the molecule is C[C@H](OC(=O)C1=NN(c2ccccc2)[C@H](c2ccccc2)C1)C(=O)N(C)Cc1ccccc1. The molecule has 0 unspecified atom stereocenters. The molecule has 6 heteroatoms. The third-order valence-electron chi connectivity index (χ3n) is 5.62. The molecule has 0 saturated heterocycles. The van der Waals surface area contributed by atoms with E-state index in [-0.39, 0.29) is 11.9 Å². The van der Waals surface area contributed by atoms with Gasteiger partial charge >= 0.3 is 5.97 Å². The van der Waals surface area contributed by atoms with Crippen LogP contribution in [0, 0.1) is 0 Å². The second kappa shape index (κ2) is 10.1. The Morgan fingerprint density at radius 3 is 2.18 bits per heavy atom. The highest BCUT2D eigenvalue weighted by Gasteiger charge is 2.34. The van der Waals surface area contributed by atoms with Gasteiger partial charge in [-0.3, -0.25) is 9.80 Å². The molecule has 0 spiro atoms. The smallest absolute Gasteiger partial charge is 0.355 e. The summed E-state index contributed by atoms with van der Waals surface area (Å²) >= 11 is 0. The van der Waals surface area contributed by atoms with E-state index in [1.807, 2.05) is 96.0 Å². The molecular formula is C27H27N3O3. The predicted octanol–water partition coefficient (Wildman–Crippen LogP) is 4.58. The van der Waals surface area contributed by atoms with Crippen LogP contribution in [-0.2, 0) is 20.9 Å². The molecule has 1 heterocycles. The largest absolute Gasteiger partial charge is 0.448 e. The van der Waals surface area contributed by atoms with Crippen LogP contribution in [0.25, 0.3) is 0 Å². The molecule has 2 atom stereocenters. The Balaban J connectivity index is 1.46. The van der Waals surface area contributed by atoms with Crippen LogP contribution in [0.4, 0.5) is 5.69 Å². The maximum Gasteiger partial charge on any atom is 0.355 e. The van der Waals surface area contributed by atoms with Crippen molar-refractivity contribution in [2.75, 3.05) is 12.1 Å². The number of para-hydroxylation sites is 1. The van der Waals surface area contributed by atoms with Gasteiger partial charge in [0.15, 0.2) is 6.10 Å². The summed E-state index contributed by atoms with van der Waals surface area (Å²) in [6.07, 6.45) is -0.506. The summed E-state index contributed by atoms with van der Waals surface area (Å²) in [5.41, 5.74) is 3.26. The van der Waals surface area contributed by atoms with Gasteiger partial charge in [-0.2, -0.15) is 5.10 Å². The van der Waals surface area contributed by atoms with Crippen molar-refractivity contribution in [1.29, 1.82) is 0 Å². The average Bonchev–Trinajstić information content (AvgIpc) is 3.31. The second-order valence-electron chi connectivity index (χ2n) is 8.08. The number of anilines is 1. The Bertz CT molecular complexity index is 1120. The van der Waals surface area contributed by atoms with Crippen molar-refractivity contribution >= 4 is 23.3 Å². The molecule has 168 valence electrons. The summed E-state index contributed by atoms with van der Waals surface area (Å²) in [6, 6.07) is 29.2. The summed E-state index contributed by atoms with van der Waals surface area (Å²) in [7, 11) is 1.70. The Morgan fingerprint density at radius 2 is 1.55 bits per heavy atom. The fourth-order valence-corrected chi connectivity index (χ4v) is 3.91. The van der Waals surface area contributed by atoms with Gasteiger partial charge < -0.3 is 9.64 Å². The number of hydrazone groups is 1. The van der Waals surface area contributed by atoms with Gasteiger partial charge in [0.05, 0.1) is 11.7 Å². The first-order valence-corrected chi connectivity index (χ1v) is 11.0. The highest BCUT2D eigenvalue weighted by Crippen LogP contribution is 2.35. The van der Waals surface area contributed by atoms with Gasteiger partial charge in [-0.05, 0) is 30.2 Å². The number of hydrogen-bond acceptors (Lipinski definition) is 5. The minimum atomic E-state index is -0.908. The Morgan fingerprint density at radius 1 is 0.970 bits per heavy atom. The zero-order valence-corrected chi connectivity index (χ0v) is 18.8. The maximum absolute atomic E-state index is 12.9. The van der Waals surface area contributed by atoms with Gasteiger partial charge in [-0.15, -0.1) is 0 Å². The first-order valence-electron chi connectivity index (χ1n) is 11.0. The first-order chi connectivity index (χ1) is 16.0. The van der Waals surface area contributed by atoms with Crippen LogP contribution in [0.2, 0.25) is 0 Å². The van der Waals surface area contributed by atoms with Crippen molar-refractivity contribution in [1.82, 2.24) is 4.90 Å². The minimum Gasteiger partial charge on any atom is -0.448 e. The predicted molar refractivity (Wildman–Crippen MR) is 129 cm³/mol. The third kappa shape index (κ3) is 5.29. The van der Waals surface area contributed by atoms with Gasteiger partial charge in [0, 0.05) is 20.0 Å². The number of esters is 1. The number of carbonyl (C=O) groups excluding carboxylic acids is 2. The van der Waals surface area contributed by atoms with E-state index in [1.54, 1.807) is 18.9 Å². The van der Waals surface area contributed by atoms with Gasteiger partial charge in [-0.25, -0.2) is 4.79 Å². The Labute approximate surface area is 194 Å². The molecule has 3 aromatic rings. The zero-order chi connectivity index (χ0) is 23.2. The number of nitrogens with zero attached hydrogens (tertiary/aromatic N) is 3. The first kappa shape index (κ1) is 22.3. The van der Waals surface area contributed by atoms with Crippen LogP contribution in [0.15, 0.2) is 96.1 Å². The molecule has 0 aliphatic carbocycles. The lowest BCUT2D eigenvalue weighted by atomic mass is 10.0. The van der Waals surface area contributed by atoms with Crippen molar-refractivity contribution < 1.29 is 14.3 Å². The molecule has 0 aromatic heterocycles. The lowest BCUT2D eigenvalue weighted by Crippen LogP contribution is -2.38. The van der Waals surface area contributed by atoms with E-state index >= 15 is 0 Å². The standard InChI is InChI=1S/C27H27N3O3/c1-20(26(31)29(2)19-21-12-6-3-7-13-21)33-27(32)24-18-25(22-14-8-4-9-15-22)30(28-24)23-16-10-5-11-17-23/h3-17,20,25H,18-19H2,1-2H3/t20-,25-/m0/s1. The minimum absolute atomic E-state index is 0.122.